The Morgan fingerprint density at radius 2 is 1.76 bits per heavy atom. The zero-order chi connectivity index (χ0) is 15.7. The number of carbonyl (C=O) groups is 1. The summed E-state index contributed by atoms with van der Waals surface area (Å²) in [7, 11) is -3.85. The number of ether oxygens (including phenoxy) is 1. The van der Waals surface area contributed by atoms with Gasteiger partial charge >= 0.3 is 16.3 Å². The van der Waals surface area contributed by atoms with Crippen molar-refractivity contribution in [3.05, 3.63) is 0 Å². The highest BCUT2D eigenvalue weighted by atomic mass is 32.2. The van der Waals surface area contributed by atoms with Gasteiger partial charge in [-0.25, -0.2) is 9.52 Å². The molecule has 7 nitrogen and oxygen atoms in total. The van der Waals surface area contributed by atoms with Gasteiger partial charge in [0, 0.05) is 19.1 Å². The van der Waals surface area contributed by atoms with Crippen LogP contribution in [0, 0.1) is 0 Å². The summed E-state index contributed by atoms with van der Waals surface area (Å²) in [5.74, 6) is 0. The van der Waals surface area contributed by atoms with Crippen molar-refractivity contribution in [1.82, 2.24) is 14.8 Å². The summed E-state index contributed by atoms with van der Waals surface area (Å²) in [5, 5.41) is 3.35. The molecule has 3 N–H and O–H groups in total. The van der Waals surface area contributed by atoms with Gasteiger partial charge in [0.25, 0.3) is 0 Å². The highest BCUT2D eigenvalue weighted by molar-refractivity contribution is 7.88. The van der Waals surface area contributed by atoms with Gasteiger partial charge in [-0.05, 0) is 26.7 Å². The first kappa shape index (κ1) is 18.2. The number of hydrogen-bond donors (Lipinski definition) is 3. The molecule has 0 saturated heterocycles. The monoisotopic (exact) mass is 321 g/mol. The maximum atomic E-state index is 11.6. The second-order valence-corrected chi connectivity index (χ2v) is 7.10. The van der Waals surface area contributed by atoms with Crippen LogP contribution in [0.1, 0.15) is 52.4 Å². The molecule has 0 aromatic carbocycles. The van der Waals surface area contributed by atoms with E-state index in [0.717, 1.165) is 12.8 Å². The minimum absolute atomic E-state index is 0.237. The Morgan fingerprint density at radius 3 is 2.33 bits per heavy atom. The minimum Gasteiger partial charge on any atom is -0.446 e. The first-order chi connectivity index (χ1) is 9.89. The average molecular weight is 321 g/mol. The number of rotatable bonds is 7. The van der Waals surface area contributed by atoms with Crippen LogP contribution in [0.4, 0.5) is 4.79 Å². The second kappa shape index (κ2) is 9.22. The Kier molecular flexibility index (Phi) is 7.98. The topological polar surface area (TPSA) is 96.5 Å². The fourth-order valence-electron chi connectivity index (χ4n) is 2.33. The van der Waals surface area contributed by atoms with Crippen LogP contribution in [-0.2, 0) is 14.9 Å². The molecule has 1 amide bonds. The third-order valence-corrected chi connectivity index (χ3v) is 4.29. The average Bonchev–Trinajstić information content (AvgIpc) is 2.61. The molecule has 0 aromatic rings. The van der Waals surface area contributed by atoms with Crippen LogP contribution >= 0.6 is 0 Å². The van der Waals surface area contributed by atoms with Gasteiger partial charge in [-0.2, -0.15) is 13.1 Å². The third kappa shape index (κ3) is 8.90. The molecule has 0 bridgehead atoms. The molecule has 1 aliphatic rings. The summed E-state index contributed by atoms with van der Waals surface area (Å²) < 4.78 is 32.0. The molecule has 0 spiro atoms. The molecule has 0 unspecified atom stereocenters. The van der Waals surface area contributed by atoms with Gasteiger partial charge in [0.1, 0.15) is 0 Å². The summed E-state index contributed by atoms with van der Waals surface area (Å²) in [6.45, 7) is 4.08. The largest absolute Gasteiger partial charge is 0.446 e. The van der Waals surface area contributed by atoms with E-state index < -0.39 is 16.3 Å². The first-order valence-corrected chi connectivity index (χ1v) is 9.09. The lowest BCUT2D eigenvalue weighted by molar-refractivity contribution is 0.121. The quantitative estimate of drug-likeness (QED) is 0.485. The van der Waals surface area contributed by atoms with E-state index in [0.29, 0.717) is 12.6 Å². The van der Waals surface area contributed by atoms with Gasteiger partial charge in [-0.3, -0.25) is 0 Å². The van der Waals surface area contributed by atoms with Crippen molar-refractivity contribution >= 4 is 16.3 Å². The first-order valence-electron chi connectivity index (χ1n) is 7.60. The molecule has 8 heteroatoms. The van der Waals surface area contributed by atoms with Crippen molar-refractivity contribution in [2.75, 3.05) is 13.1 Å². The Labute approximate surface area is 127 Å². The summed E-state index contributed by atoms with van der Waals surface area (Å²) in [6, 6.07) is 0.468. The van der Waals surface area contributed by atoms with E-state index in [1.165, 1.54) is 25.7 Å². The molecule has 124 valence electrons. The zero-order valence-corrected chi connectivity index (χ0v) is 13.7. The number of amides is 1. The van der Waals surface area contributed by atoms with Crippen LogP contribution in [0.2, 0.25) is 0 Å². The highest BCUT2D eigenvalue weighted by Gasteiger charge is 2.16. The maximum absolute atomic E-state index is 11.6. The lowest BCUT2D eigenvalue weighted by atomic mass is 10.1. The number of carbonyl (C=O) groups excluding carboxylic acids is 1. The third-order valence-electron chi connectivity index (χ3n) is 3.27. The van der Waals surface area contributed by atoms with Crippen LogP contribution in [-0.4, -0.2) is 39.7 Å². The standard InChI is InChI=1S/C13H27N3O4S/c1-11(2)20-13(17)16-21(18,19)15-10-9-14-12-7-5-3-4-6-8-12/h11-12,14-15H,3-10H2,1-2H3,(H,16,17). The molecule has 21 heavy (non-hydrogen) atoms. The molecule has 0 heterocycles. The molecule has 1 aliphatic carbocycles. The van der Waals surface area contributed by atoms with E-state index in [1.54, 1.807) is 13.8 Å². The van der Waals surface area contributed by atoms with Crippen LogP contribution in [0.3, 0.4) is 0 Å². The minimum atomic E-state index is -3.85. The van der Waals surface area contributed by atoms with E-state index in [-0.39, 0.29) is 12.6 Å². The number of hydrogen-bond acceptors (Lipinski definition) is 5. The van der Waals surface area contributed by atoms with Crippen molar-refractivity contribution in [1.29, 1.82) is 0 Å². The fraction of sp³-hybridized carbons (Fsp3) is 0.923. The predicted octanol–water partition coefficient (Wildman–Crippen LogP) is 1.27. The molecule has 0 atom stereocenters. The van der Waals surface area contributed by atoms with Gasteiger partial charge < -0.3 is 10.1 Å². The van der Waals surface area contributed by atoms with Crippen LogP contribution in [0.5, 0.6) is 0 Å². The van der Waals surface area contributed by atoms with E-state index in [9.17, 15) is 13.2 Å². The fourth-order valence-corrected chi connectivity index (χ4v) is 3.04. The second-order valence-electron chi connectivity index (χ2n) is 5.60. The molecule has 1 rings (SSSR count). The van der Waals surface area contributed by atoms with Crippen LogP contribution < -0.4 is 14.8 Å². The van der Waals surface area contributed by atoms with E-state index >= 15 is 0 Å². The SMILES string of the molecule is CC(C)OC(=O)NS(=O)(=O)NCCNC1CCCCCC1. The smallest absolute Gasteiger partial charge is 0.422 e. The molecule has 0 radical (unpaired) electrons. The van der Waals surface area contributed by atoms with Gasteiger partial charge in [0.15, 0.2) is 0 Å². The number of nitrogens with one attached hydrogen (secondary N) is 3. The van der Waals surface area contributed by atoms with Crippen molar-refractivity contribution in [2.45, 2.75) is 64.5 Å². The van der Waals surface area contributed by atoms with E-state index in [1.807, 2.05) is 4.72 Å². The van der Waals surface area contributed by atoms with Gasteiger partial charge in [0.05, 0.1) is 6.10 Å². The summed E-state index contributed by atoms with van der Waals surface area (Å²) >= 11 is 0. The van der Waals surface area contributed by atoms with Crippen molar-refractivity contribution in [2.24, 2.45) is 0 Å². The van der Waals surface area contributed by atoms with Crippen molar-refractivity contribution < 1.29 is 17.9 Å². The lowest BCUT2D eigenvalue weighted by Gasteiger charge is -2.16. The Balaban J connectivity index is 2.19. The summed E-state index contributed by atoms with van der Waals surface area (Å²) in [5.41, 5.74) is 0. The lowest BCUT2D eigenvalue weighted by Crippen LogP contribution is -2.44. The zero-order valence-electron chi connectivity index (χ0n) is 12.9. The van der Waals surface area contributed by atoms with Crippen molar-refractivity contribution in [3.8, 4) is 0 Å². The molecule has 0 aromatic heterocycles. The maximum Gasteiger partial charge on any atom is 0.422 e. The summed E-state index contributed by atoms with van der Waals surface area (Å²) in [6.07, 6.45) is 5.99. The highest BCUT2D eigenvalue weighted by Crippen LogP contribution is 2.16. The molecule has 1 saturated carbocycles. The van der Waals surface area contributed by atoms with Crippen LogP contribution in [0.15, 0.2) is 0 Å². The Bertz CT molecular complexity index is 404. The van der Waals surface area contributed by atoms with Gasteiger partial charge in [0.2, 0.25) is 0 Å². The molecular weight excluding hydrogens is 294 g/mol. The van der Waals surface area contributed by atoms with Gasteiger partial charge in [-0.15, -0.1) is 0 Å². The van der Waals surface area contributed by atoms with E-state index in [2.05, 4.69) is 10.0 Å². The molecule has 0 aliphatic heterocycles. The molecule has 1 fully saturated rings. The summed E-state index contributed by atoms with van der Waals surface area (Å²) in [4.78, 5) is 11.2. The normalized spacial score (nSPS) is 17.5. The van der Waals surface area contributed by atoms with Gasteiger partial charge in [-0.1, -0.05) is 25.7 Å². The Hall–Kier alpha value is -0.860. The molecular formula is C13H27N3O4S. The van der Waals surface area contributed by atoms with Crippen LogP contribution in [0.25, 0.3) is 0 Å². The predicted molar refractivity (Wildman–Crippen MR) is 81.2 cm³/mol. The Morgan fingerprint density at radius 1 is 1.14 bits per heavy atom. The van der Waals surface area contributed by atoms with E-state index in [4.69, 9.17) is 4.74 Å². The van der Waals surface area contributed by atoms with Crippen molar-refractivity contribution in [3.63, 3.8) is 0 Å².